The van der Waals surface area contributed by atoms with Gasteiger partial charge in [-0.15, -0.1) is 24.8 Å². The van der Waals surface area contributed by atoms with Crippen molar-refractivity contribution in [2.45, 2.75) is 25.1 Å². The maximum absolute atomic E-state index is 12.0. The van der Waals surface area contributed by atoms with E-state index >= 15 is 0 Å². The van der Waals surface area contributed by atoms with Crippen LogP contribution >= 0.6 is 24.8 Å². The number of nitrogens with zero attached hydrogens (tertiary/aromatic N) is 1. The Labute approximate surface area is 170 Å². The Morgan fingerprint density at radius 3 is 2.70 bits per heavy atom. The summed E-state index contributed by atoms with van der Waals surface area (Å²) in [5.41, 5.74) is 0.866. The van der Waals surface area contributed by atoms with Gasteiger partial charge < -0.3 is 25.2 Å². The number of carbonyl (C=O) groups excluding carboxylic acids is 1. The van der Waals surface area contributed by atoms with E-state index in [1.54, 1.807) is 25.4 Å². The minimum Gasteiger partial charge on any atom is -0.497 e. The highest BCUT2D eigenvalue weighted by atomic mass is 35.5. The quantitative estimate of drug-likeness (QED) is 0.668. The van der Waals surface area contributed by atoms with Crippen molar-refractivity contribution < 1.29 is 19.4 Å². The molecule has 2 aromatic rings. The molecule has 0 radical (unpaired) electrons. The van der Waals surface area contributed by atoms with E-state index in [9.17, 15) is 9.90 Å². The zero-order chi connectivity index (χ0) is 17.6. The second-order valence-electron chi connectivity index (χ2n) is 5.85. The highest BCUT2D eigenvalue weighted by Gasteiger charge is 2.27. The van der Waals surface area contributed by atoms with Crippen LogP contribution in [0.4, 0.5) is 0 Å². The number of amides is 1. The SMILES string of the molecule is COc1cccc(Oc2ccc(CNC(=O)C3CC(O)CN3)cn2)c1.Cl.Cl. The van der Waals surface area contributed by atoms with Crippen molar-refractivity contribution in [1.82, 2.24) is 15.6 Å². The van der Waals surface area contributed by atoms with Crippen molar-refractivity contribution in [3.05, 3.63) is 48.2 Å². The zero-order valence-electron chi connectivity index (χ0n) is 14.8. The van der Waals surface area contributed by atoms with Gasteiger partial charge >= 0.3 is 0 Å². The summed E-state index contributed by atoms with van der Waals surface area (Å²) in [6.45, 7) is 0.829. The van der Waals surface area contributed by atoms with E-state index in [1.807, 2.05) is 24.3 Å². The van der Waals surface area contributed by atoms with E-state index in [4.69, 9.17) is 9.47 Å². The fourth-order valence-electron chi connectivity index (χ4n) is 2.59. The van der Waals surface area contributed by atoms with Gasteiger partial charge in [0, 0.05) is 31.4 Å². The number of aromatic nitrogens is 1. The van der Waals surface area contributed by atoms with Crippen LogP contribution in [0.5, 0.6) is 17.4 Å². The van der Waals surface area contributed by atoms with Gasteiger partial charge in [0.05, 0.1) is 19.3 Å². The van der Waals surface area contributed by atoms with Crippen LogP contribution in [0.2, 0.25) is 0 Å². The molecule has 3 N–H and O–H groups in total. The van der Waals surface area contributed by atoms with E-state index in [0.717, 1.165) is 5.56 Å². The van der Waals surface area contributed by atoms with Crippen molar-refractivity contribution in [3.8, 4) is 17.4 Å². The van der Waals surface area contributed by atoms with Crippen LogP contribution in [0, 0.1) is 0 Å². The lowest BCUT2D eigenvalue weighted by Gasteiger charge is -2.11. The molecule has 3 rings (SSSR count). The Morgan fingerprint density at radius 1 is 1.30 bits per heavy atom. The lowest BCUT2D eigenvalue weighted by atomic mass is 10.2. The second-order valence-corrected chi connectivity index (χ2v) is 5.85. The summed E-state index contributed by atoms with van der Waals surface area (Å²) < 4.78 is 10.8. The van der Waals surface area contributed by atoms with Gasteiger partial charge in [-0.05, 0) is 24.1 Å². The summed E-state index contributed by atoms with van der Waals surface area (Å²) in [6, 6.07) is 10.5. The van der Waals surface area contributed by atoms with Gasteiger partial charge in [-0.3, -0.25) is 4.79 Å². The molecule has 1 aromatic carbocycles. The molecule has 0 spiro atoms. The predicted molar refractivity (Wildman–Crippen MR) is 106 cm³/mol. The number of hydrogen-bond acceptors (Lipinski definition) is 6. The first-order chi connectivity index (χ1) is 12.1. The molecule has 2 atom stereocenters. The van der Waals surface area contributed by atoms with Crippen LogP contribution in [0.15, 0.2) is 42.6 Å². The van der Waals surface area contributed by atoms with E-state index < -0.39 is 6.10 Å². The topological polar surface area (TPSA) is 92.7 Å². The number of rotatable bonds is 6. The highest BCUT2D eigenvalue weighted by Crippen LogP contribution is 2.23. The Hall–Kier alpha value is -2.06. The average molecular weight is 416 g/mol. The minimum absolute atomic E-state index is 0. The number of β-amino-alcohol motifs (C(OH)–C–C–N with tert-alkyl or cyclic N) is 1. The molecule has 0 bridgehead atoms. The van der Waals surface area contributed by atoms with Gasteiger partial charge in [0.15, 0.2) is 0 Å². The molecule has 1 aliphatic rings. The van der Waals surface area contributed by atoms with Gasteiger partial charge in [-0.25, -0.2) is 4.98 Å². The number of carbonyl (C=O) groups is 1. The van der Waals surface area contributed by atoms with Crippen molar-refractivity contribution in [2.75, 3.05) is 13.7 Å². The number of aliphatic hydroxyl groups excluding tert-OH is 1. The second kappa shape index (κ2) is 10.9. The number of methoxy groups -OCH3 is 1. The van der Waals surface area contributed by atoms with E-state index in [1.165, 1.54) is 0 Å². The molecule has 0 saturated carbocycles. The number of aliphatic hydroxyl groups is 1. The lowest BCUT2D eigenvalue weighted by Crippen LogP contribution is -2.40. The summed E-state index contributed by atoms with van der Waals surface area (Å²) in [4.78, 5) is 16.2. The van der Waals surface area contributed by atoms with Crippen LogP contribution in [0.3, 0.4) is 0 Å². The number of hydrogen-bond donors (Lipinski definition) is 3. The van der Waals surface area contributed by atoms with Crippen molar-refractivity contribution in [1.29, 1.82) is 0 Å². The molecule has 1 fully saturated rings. The van der Waals surface area contributed by atoms with Crippen molar-refractivity contribution in [2.24, 2.45) is 0 Å². The zero-order valence-corrected chi connectivity index (χ0v) is 16.4. The molecule has 1 aromatic heterocycles. The molecule has 1 amide bonds. The van der Waals surface area contributed by atoms with Crippen molar-refractivity contribution >= 4 is 30.7 Å². The third kappa shape index (κ3) is 6.55. The summed E-state index contributed by atoms with van der Waals surface area (Å²) in [6.07, 6.45) is 1.65. The average Bonchev–Trinajstić information content (AvgIpc) is 3.07. The largest absolute Gasteiger partial charge is 0.497 e. The standard InChI is InChI=1S/C18H21N3O4.2ClH/c1-24-14-3-2-4-15(8-14)25-17-6-5-12(9-20-17)10-21-18(23)16-7-13(22)11-19-16;;/h2-6,8-9,13,16,19,22H,7,10-11H2,1H3,(H,21,23);2*1H. The van der Waals surface area contributed by atoms with E-state index in [2.05, 4.69) is 15.6 Å². The van der Waals surface area contributed by atoms with Gasteiger partial charge in [0.1, 0.15) is 11.5 Å². The fourth-order valence-corrected chi connectivity index (χ4v) is 2.59. The van der Waals surface area contributed by atoms with Crippen LogP contribution < -0.4 is 20.1 Å². The number of nitrogens with one attached hydrogen (secondary N) is 2. The Kier molecular flexibility index (Phi) is 9.31. The molecule has 27 heavy (non-hydrogen) atoms. The third-order valence-electron chi connectivity index (χ3n) is 3.95. The van der Waals surface area contributed by atoms with Crippen LogP contribution in [-0.2, 0) is 11.3 Å². The van der Waals surface area contributed by atoms with Crippen molar-refractivity contribution in [3.63, 3.8) is 0 Å². The molecule has 148 valence electrons. The summed E-state index contributed by atoms with van der Waals surface area (Å²) in [7, 11) is 1.60. The third-order valence-corrected chi connectivity index (χ3v) is 3.95. The number of pyridine rings is 1. The highest BCUT2D eigenvalue weighted by molar-refractivity contribution is 5.85. The molecule has 1 saturated heterocycles. The molecule has 1 aliphatic heterocycles. The minimum atomic E-state index is -0.453. The number of benzene rings is 1. The molecule has 0 aliphatic carbocycles. The van der Waals surface area contributed by atoms with E-state index in [-0.39, 0.29) is 36.8 Å². The van der Waals surface area contributed by atoms with Gasteiger partial charge in [-0.2, -0.15) is 0 Å². The predicted octanol–water partition coefficient (Wildman–Crippen LogP) is 2.07. The summed E-state index contributed by atoms with van der Waals surface area (Å²) in [5.74, 6) is 1.69. The molecule has 2 unspecified atom stereocenters. The molecule has 7 nitrogen and oxygen atoms in total. The van der Waals surface area contributed by atoms with Crippen LogP contribution in [-0.4, -0.2) is 41.8 Å². The summed E-state index contributed by atoms with van der Waals surface area (Å²) in [5, 5.41) is 15.3. The van der Waals surface area contributed by atoms with Gasteiger partial charge in [-0.1, -0.05) is 12.1 Å². The van der Waals surface area contributed by atoms with Gasteiger partial charge in [0.25, 0.3) is 0 Å². The van der Waals surface area contributed by atoms with Crippen LogP contribution in [0.1, 0.15) is 12.0 Å². The number of halogens is 2. The Morgan fingerprint density at radius 2 is 2.07 bits per heavy atom. The number of ether oxygens (including phenoxy) is 2. The summed E-state index contributed by atoms with van der Waals surface area (Å²) >= 11 is 0. The maximum atomic E-state index is 12.0. The monoisotopic (exact) mass is 415 g/mol. The Bertz CT molecular complexity index is 731. The fraction of sp³-hybridized carbons (Fsp3) is 0.333. The molecular weight excluding hydrogens is 393 g/mol. The first-order valence-electron chi connectivity index (χ1n) is 8.10. The lowest BCUT2D eigenvalue weighted by molar-refractivity contribution is -0.123. The van der Waals surface area contributed by atoms with Gasteiger partial charge in [0.2, 0.25) is 11.8 Å². The smallest absolute Gasteiger partial charge is 0.237 e. The molecule has 9 heteroatoms. The first-order valence-corrected chi connectivity index (χ1v) is 8.10. The molecule has 2 heterocycles. The van der Waals surface area contributed by atoms with Crippen LogP contribution in [0.25, 0.3) is 0 Å². The maximum Gasteiger partial charge on any atom is 0.237 e. The van der Waals surface area contributed by atoms with E-state index in [0.29, 0.717) is 36.9 Å². The Balaban J connectivity index is 0.00000182. The first kappa shape index (κ1) is 23.0. The molecular formula is C18H23Cl2N3O4. The normalized spacial score (nSPS) is 18.0.